The molecule has 2 heterocycles. The standard InChI is InChI=1S/C23H25ClF2N4O4S/c1-22(2,3)34-21(31)28-20-29-23(4,13-35(32,33)30(20)5)16-10-14(6-8-17(16)25)11-18(26)19-9-7-15(24)12-27-19/h6-12H,13H2,1-5H3,(H,28,29,31)/b18-11-/t23-/m0/s1. The second kappa shape index (κ2) is 9.54. The van der Waals surface area contributed by atoms with Crippen LogP contribution in [0, 0.1) is 5.82 Å². The molecule has 35 heavy (non-hydrogen) atoms. The third-order valence-electron chi connectivity index (χ3n) is 4.98. The van der Waals surface area contributed by atoms with Gasteiger partial charge in [0.2, 0.25) is 16.0 Å². The number of hydrogen-bond donors (Lipinski definition) is 1. The molecule has 12 heteroatoms. The lowest BCUT2D eigenvalue weighted by Gasteiger charge is -2.36. The topological polar surface area (TPSA) is 101 Å². The number of carbonyl (C=O) groups excluding carboxylic acids is 1. The maximum absolute atomic E-state index is 14.9. The third kappa shape index (κ3) is 6.34. The zero-order chi connectivity index (χ0) is 26.2. The molecule has 0 saturated carbocycles. The Kier molecular flexibility index (Phi) is 7.24. The van der Waals surface area contributed by atoms with Crippen molar-refractivity contribution in [3.63, 3.8) is 0 Å². The van der Waals surface area contributed by atoms with E-state index >= 15 is 0 Å². The molecule has 188 valence electrons. The Morgan fingerprint density at radius 3 is 2.57 bits per heavy atom. The van der Waals surface area contributed by atoms with Crippen LogP contribution in [0.25, 0.3) is 11.9 Å². The fraction of sp³-hybridized carbons (Fsp3) is 0.348. The van der Waals surface area contributed by atoms with Gasteiger partial charge in [0.25, 0.3) is 0 Å². The van der Waals surface area contributed by atoms with Gasteiger partial charge in [-0.25, -0.2) is 31.3 Å². The van der Waals surface area contributed by atoms with E-state index in [0.717, 1.165) is 16.4 Å². The predicted octanol–water partition coefficient (Wildman–Crippen LogP) is 4.71. The smallest absolute Gasteiger partial charge is 0.414 e. The van der Waals surface area contributed by atoms with Crippen LogP contribution in [0.4, 0.5) is 13.6 Å². The molecule has 1 aliphatic rings. The molecule has 1 N–H and O–H groups in total. The van der Waals surface area contributed by atoms with Gasteiger partial charge < -0.3 is 4.74 Å². The van der Waals surface area contributed by atoms with Crippen LogP contribution < -0.4 is 5.32 Å². The van der Waals surface area contributed by atoms with E-state index in [9.17, 15) is 22.0 Å². The third-order valence-corrected chi connectivity index (χ3v) is 7.14. The summed E-state index contributed by atoms with van der Waals surface area (Å²) >= 11 is 5.78. The second-order valence-electron chi connectivity index (χ2n) is 9.15. The summed E-state index contributed by atoms with van der Waals surface area (Å²) in [6, 6.07) is 6.61. The molecule has 0 fully saturated rings. The number of pyridine rings is 1. The molecule has 1 aromatic heterocycles. The van der Waals surface area contributed by atoms with Crippen molar-refractivity contribution in [2.75, 3.05) is 12.8 Å². The minimum atomic E-state index is -4.00. The van der Waals surface area contributed by atoms with Crippen LogP contribution in [0.3, 0.4) is 0 Å². The van der Waals surface area contributed by atoms with Gasteiger partial charge in [0.1, 0.15) is 22.8 Å². The summed E-state index contributed by atoms with van der Waals surface area (Å²) in [4.78, 5) is 20.5. The Bertz CT molecular complexity index is 1310. The summed E-state index contributed by atoms with van der Waals surface area (Å²) in [5, 5.41) is 2.66. The molecule has 0 saturated heterocycles. The van der Waals surface area contributed by atoms with Crippen molar-refractivity contribution in [1.82, 2.24) is 14.6 Å². The number of alkyl carbamates (subject to hydrolysis) is 1. The molecular formula is C23H25ClF2N4O4S. The SMILES string of the molecule is CN1C(NC(=O)OC(C)(C)C)=N[C@](C)(c2cc(/C=C(\F)c3ccc(Cl)cn3)ccc2F)CS1(=O)=O. The van der Waals surface area contributed by atoms with Gasteiger partial charge in [0.05, 0.1) is 16.5 Å². The van der Waals surface area contributed by atoms with Crippen molar-refractivity contribution in [3.05, 3.63) is 64.2 Å². The summed E-state index contributed by atoms with van der Waals surface area (Å²) in [6.07, 6.45) is 1.51. The van der Waals surface area contributed by atoms with Crippen LogP contribution in [-0.4, -0.2) is 48.2 Å². The van der Waals surface area contributed by atoms with Gasteiger partial charge in [-0.2, -0.15) is 0 Å². The van der Waals surface area contributed by atoms with E-state index in [1.54, 1.807) is 20.8 Å². The number of nitrogens with one attached hydrogen (secondary N) is 1. The average Bonchev–Trinajstić information content (AvgIpc) is 2.71. The predicted molar refractivity (Wildman–Crippen MR) is 130 cm³/mol. The van der Waals surface area contributed by atoms with E-state index in [1.165, 1.54) is 44.4 Å². The molecule has 1 aliphatic heterocycles. The van der Waals surface area contributed by atoms with Gasteiger partial charge in [0.15, 0.2) is 0 Å². The van der Waals surface area contributed by atoms with Gasteiger partial charge >= 0.3 is 6.09 Å². The highest BCUT2D eigenvalue weighted by Crippen LogP contribution is 2.35. The Hall–Kier alpha value is -3.05. The maximum atomic E-state index is 14.9. The lowest BCUT2D eigenvalue weighted by molar-refractivity contribution is 0.0559. The molecule has 8 nitrogen and oxygen atoms in total. The van der Waals surface area contributed by atoms with Gasteiger partial charge in [-0.1, -0.05) is 17.7 Å². The number of rotatable bonds is 3. The molecule has 0 spiro atoms. The summed E-state index contributed by atoms with van der Waals surface area (Å²) < 4.78 is 61.4. The van der Waals surface area contributed by atoms with E-state index in [2.05, 4.69) is 15.3 Å². The fourth-order valence-electron chi connectivity index (χ4n) is 3.34. The van der Waals surface area contributed by atoms with Crippen molar-refractivity contribution in [2.24, 2.45) is 4.99 Å². The normalized spacial score (nSPS) is 20.3. The average molecular weight is 527 g/mol. The minimum absolute atomic E-state index is 0.0234. The number of guanidine groups is 1. The number of carbonyl (C=O) groups is 1. The Morgan fingerprint density at radius 1 is 1.29 bits per heavy atom. The number of nitrogens with zero attached hydrogens (tertiary/aromatic N) is 3. The minimum Gasteiger partial charge on any atom is -0.444 e. The summed E-state index contributed by atoms with van der Waals surface area (Å²) in [6.45, 7) is 6.35. The van der Waals surface area contributed by atoms with E-state index < -0.39 is 44.7 Å². The summed E-state index contributed by atoms with van der Waals surface area (Å²) in [7, 11) is -2.78. The molecule has 0 radical (unpaired) electrons. The number of aromatic nitrogens is 1. The molecule has 3 rings (SSSR count). The van der Waals surface area contributed by atoms with Crippen molar-refractivity contribution in [3.8, 4) is 0 Å². The largest absolute Gasteiger partial charge is 0.444 e. The van der Waals surface area contributed by atoms with Gasteiger partial charge in [-0.15, -0.1) is 0 Å². The number of hydrogen-bond acceptors (Lipinski definition) is 6. The monoisotopic (exact) mass is 526 g/mol. The first kappa shape index (κ1) is 26.6. The highest BCUT2D eigenvalue weighted by atomic mass is 35.5. The number of benzene rings is 1. The second-order valence-corrected chi connectivity index (χ2v) is 11.6. The lowest BCUT2D eigenvalue weighted by Crippen LogP contribution is -2.54. The molecule has 1 amide bonds. The van der Waals surface area contributed by atoms with Crippen molar-refractivity contribution < 1.29 is 26.7 Å². The fourth-order valence-corrected chi connectivity index (χ4v) is 4.93. The molecule has 2 aromatic rings. The first-order chi connectivity index (χ1) is 16.1. The highest BCUT2D eigenvalue weighted by molar-refractivity contribution is 7.89. The summed E-state index contributed by atoms with van der Waals surface area (Å²) in [5.41, 5.74) is -2.28. The van der Waals surface area contributed by atoms with E-state index in [1.807, 2.05) is 0 Å². The van der Waals surface area contributed by atoms with Crippen LogP contribution >= 0.6 is 11.6 Å². The number of aliphatic imine (C=N–C) groups is 1. The quantitative estimate of drug-likeness (QED) is 0.624. The van der Waals surface area contributed by atoms with Crippen LogP contribution in [0.15, 0.2) is 41.5 Å². The number of halogens is 3. The van der Waals surface area contributed by atoms with E-state index in [-0.39, 0.29) is 22.8 Å². The van der Waals surface area contributed by atoms with Crippen LogP contribution in [0.1, 0.15) is 44.5 Å². The number of amides is 1. The van der Waals surface area contributed by atoms with E-state index in [0.29, 0.717) is 5.02 Å². The van der Waals surface area contributed by atoms with Gasteiger partial charge in [0, 0.05) is 18.8 Å². The van der Waals surface area contributed by atoms with Crippen molar-refractivity contribution in [1.29, 1.82) is 0 Å². The highest BCUT2D eigenvalue weighted by Gasteiger charge is 2.43. The van der Waals surface area contributed by atoms with Crippen molar-refractivity contribution >= 4 is 45.6 Å². The molecular weight excluding hydrogens is 502 g/mol. The van der Waals surface area contributed by atoms with E-state index in [4.69, 9.17) is 16.3 Å². The molecule has 1 aromatic carbocycles. The van der Waals surface area contributed by atoms with Gasteiger partial charge in [-0.05, 0) is 63.6 Å². The zero-order valence-electron chi connectivity index (χ0n) is 19.8. The maximum Gasteiger partial charge on any atom is 0.414 e. The van der Waals surface area contributed by atoms with Crippen LogP contribution in [0.5, 0.6) is 0 Å². The number of ether oxygens (including phenoxy) is 1. The zero-order valence-corrected chi connectivity index (χ0v) is 21.3. The Labute approximate surface area is 207 Å². The first-order valence-electron chi connectivity index (χ1n) is 10.5. The Morgan fingerprint density at radius 2 is 1.97 bits per heavy atom. The lowest BCUT2D eigenvalue weighted by atomic mass is 9.92. The number of sulfonamides is 1. The summed E-state index contributed by atoms with van der Waals surface area (Å²) in [5.74, 6) is -2.35. The van der Waals surface area contributed by atoms with Crippen LogP contribution in [-0.2, 0) is 20.3 Å². The van der Waals surface area contributed by atoms with Crippen molar-refractivity contribution in [2.45, 2.75) is 38.8 Å². The van der Waals surface area contributed by atoms with Gasteiger partial charge in [-0.3, -0.25) is 10.3 Å². The molecule has 0 bridgehead atoms. The first-order valence-corrected chi connectivity index (χ1v) is 12.4. The van der Waals surface area contributed by atoms with Crippen LogP contribution in [0.2, 0.25) is 5.02 Å². The molecule has 0 unspecified atom stereocenters. The molecule has 0 aliphatic carbocycles. The molecule has 1 atom stereocenters. The Balaban J connectivity index is 2.03.